The smallest absolute Gasteiger partial charge is 0.00103 e. The van der Waals surface area contributed by atoms with Crippen LogP contribution >= 0.6 is 0 Å². The molecule has 42 heavy (non-hydrogen) atoms. The summed E-state index contributed by atoms with van der Waals surface area (Å²) in [6.07, 6.45) is 8.27. The third kappa shape index (κ3) is 4.63. The van der Waals surface area contributed by atoms with Gasteiger partial charge in [0.25, 0.3) is 0 Å². The van der Waals surface area contributed by atoms with Crippen LogP contribution in [-0.4, -0.2) is 0 Å². The minimum atomic E-state index is 0.0832. The van der Waals surface area contributed by atoms with Crippen LogP contribution in [0.15, 0.2) is 77.4 Å². The highest BCUT2D eigenvalue weighted by Crippen LogP contribution is 2.70. The summed E-state index contributed by atoms with van der Waals surface area (Å²) in [5, 5.41) is 0. The lowest BCUT2D eigenvalue weighted by Gasteiger charge is -2.64. The molecule has 0 heterocycles. The summed E-state index contributed by atoms with van der Waals surface area (Å²) in [6.45, 7) is 33.9. The molecule has 0 aliphatic heterocycles. The van der Waals surface area contributed by atoms with E-state index in [4.69, 9.17) is 6.58 Å². The van der Waals surface area contributed by atoms with Gasteiger partial charge in [-0.25, -0.2) is 0 Å². The molecule has 0 spiro atoms. The molecule has 1 unspecified atom stereocenters. The van der Waals surface area contributed by atoms with Crippen LogP contribution in [-0.2, 0) is 19.3 Å². The zero-order valence-corrected chi connectivity index (χ0v) is 28.5. The Morgan fingerprint density at radius 2 is 1.62 bits per heavy atom. The first-order valence-electron chi connectivity index (χ1n) is 16.6. The van der Waals surface area contributed by atoms with Crippen LogP contribution in [0.25, 0.3) is 5.57 Å². The maximum atomic E-state index is 4.97. The van der Waals surface area contributed by atoms with Gasteiger partial charge in [-0.3, -0.25) is 0 Å². The van der Waals surface area contributed by atoms with Gasteiger partial charge in [0, 0.05) is 5.41 Å². The van der Waals surface area contributed by atoms with Crippen LogP contribution in [0.3, 0.4) is 0 Å². The second-order valence-electron chi connectivity index (χ2n) is 15.5. The van der Waals surface area contributed by atoms with Crippen molar-refractivity contribution in [3.8, 4) is 0 Å². The van der Waals surface area contributed by atoms with Crippen LogP contribution in [0, 0.1) is 29.1 Å². The van der Waals surface area contributed by atoms with Crippen molar-refractivity contribution in [3.05, 3.63) is 111 Å². The molecule has 0 nitrogen and oxygen atoms in total. The van der Waals surface area contributed by atoms with Gasteiger partial charge in [-0.15, -0.1) is 0 Å². The SMILES string of the molecule is C=C(C)C1=C(C)C[C@@]2(C)C[C@@]3(C)Cc4c(C(C)C)cc(CCCCc5ccccc5)c(C)c4C(=C)C3=C(C)[C@@]2(C)C1C. The fraction of sp³-hybridized carbons (Fsp3) is 0.524. The van der Waals surface area contributed by atoms with Crippen LogP contribution in [0.4, 0.5) is 0 Å². The highest BCUT2D eigenvalue weighted by Gasteiger charge is 2.60. The van der Waals surface area contributed by atoms with Gasteiger partial charge in [-0.2, -0.15) is 0 Å². The molecule has 0 saturated heterocycles. The van der Waals surface area contributed by atoms with Gasteiger partial charge < -0.3 is 0 Å². The van der Waals surface area contributed by atoms with Crippen molar-refractivity contribution in [2.45, 2.75) is 120 Å². The van der Waals surface area contributed by atoms with E-state index in [0.29, 0.717) is 11.8 Å². The molecule has 0 radical (unpaired) electrons. The molecule has 224 valence electrons. The van der Waals surface area contributed by atoms with E-state index in [1.807, 2.05) is 0 Å². The number of fused-ring (bicyclic) bond motifs is 3. The fourth-order valence-electron chi connectivity index (χ4n) is 10.3. The zero-order valence-electron chi connectivity index (χ0n) is 28.5. The van der Waals surface area contributed by atoms with Gasteiger partial charge in [-0.1, -0.05) is 108 Å². The first kappa shape index (κ1) is 30.8. The number of benzene rings is 2. The van der Waals surface area contributed by atoms with Crippen LogP contribution < -0.4 is 0 Å². The second-order valence-corrected chi connectivity index (χ2v) is 15.5. The Kier molecular flexibility index (Phi) is 7.96. The number of aryl methyl sites for hydroxylation is 2. The van der Waals surface area contributed by atoms with Crippen LogP contribution in [0.2, 0.25) is 0 Å². The Morgan fingerprint density at radius 3 is 2.24 bits per heavy atom. The molecule has 2 aromatic carbocycles. The number of hydrogen-bond acceptors (Lipinski definition) is 0. The van der Waals surface area contributed by atoms with Crippen molar-refractivity contribution in [3.63, 3.8) is 0 Å². The van der Waals surface area contributed by atoms with Crippen molar-refractivity contribution < 1.29 is 0 Å². The standard InChI is InChI=1S/C42H56/c1-26(2)35-22-34(21-17-16-20-33-18-14-13-15-19-33)29(6)38-30(7)39-32(9)42(12)31(8)37(27(3)4)28(5)23-41(42,11)25-40(39,10)24-36(35)38/h13-15,18-19,22,26,31H,3,7,16-17,20-21,23-25H2,1-2,4-6,8-12H3/t31?,40-,41+,42-/m1/s1. The lowest BCUT2D eigenvalue weighted by molar-refractivity contribution is -0.00617. The van der Waals surface area contributed by atoms with E-state index in [9.17, 15) is 0 Å². The third-order valence-electron chi connectivity index (χ3n) is 12.3. The molecule has 0 heteroatoms. The molecule has 0 bridgehead atoms. The maximum Gasteiger partial charge on any atom is 0.00103 e. The van der Waals surface area contributed by atoms with E-state index in [1.165, 1.54) is 58.2 Å². The Labute approximate surface area is 258 Å². The summed E-state index contributed by atoms with van der Waals surface area (Å²) in [4.78, 5) is 0. The largest absolute Gasteiger partial charge is 0.0958 e. The van der Waals surface area contributed by atoms with Gasteiger partial charge in [0.05, 0.1) is 0 Å². The van der Waals surface area contributed by atoms with E-state index in [1.54, 1.807) is 27.8 Å². The van der Waals surface area contributed by atoms with E-state index in [-0.39, 0.29) is 16.2 Å². The predicted octanol–water partition coefficient (Wildman–Crippen LogP) is 11.9. The summed E-state index contributed by atoms with van der Waals surface area (Å²) < 4.78 is 0. The Hall–Kier alpha value is -2.60. The van der Waals surface area contributed by atoms with Crippen molar-refractivity contribution in [2.75, 3.05) is 0 Å². The van der Waals surface area contributed by atoms with Crippen LogP contribution in [0.5, 0.6) is 0 Å². The predicted molar refractivity (Wildman–Crippen MR) is 184 cm³/mol. The van der Waals surface area contributed by atoms with E-state index < -0.39 is 0 Å². The summed E-state index contributed by atoms with van der Waals surface area (Å²) in [7, 11) is 0. The molecule has 0 aromatic heterocycles. The Balaban J connectivity index is 1.58. The van der Waals surface area contributed by atoms with Crippen molar-refractivity contribution in [1.82, 2.24) is 0 Å². The topological polar surface area (TPSA) is 0 Å². The quantitative estimate of drug-likeness (QED) is 0.295. The molecule has 0 saturated carbocycles. The molecular formula is C42H56. The average molecular weight is 561 g/mol. The molecule has 3 aliphatic rings. The number of unbranched alkanes of at least 4 members (excludes halogenated alkanes) is 1. The number of rotatable bonds is 7. The average Bonchev–Trinajstić information content (AvgIpc) is 2.89. The summed E-state index contributed by atoms with van der Waals surface area (Å²) >= 11 is 0. The lowest BCUT2D eigenvalue weighted by atomic mass is 9.40. The van der Waals surface area contributed by atoms with E-state index in [0.717, 1.165) is 25.7 Å². The summed E-state index contributed by atoms with van der Waals surface area (Å²) in [5.74, 6) is 0.955. The number of allylic oxidation sites excluding steroid dienone is 6. The summed E-state index contributed by atoms with van der Waals surface area (Å²) in [5.41, 5.74) is 18.3. The monoisotopic (exact) mass is 560 g/mol. The van der Waals surface area contributed by atoms with Crippen molar-refractivity contribution in [1.29, 1.82) is 0 Å². The Morgan fingerprint density at radius 1 is 0.976 bits per heavy atom. The van der Waals surface area contributed by atoms with E-state index >= 15 is 0 Å². The lowest BCUT2D eigenvalue weighted by Crippen LogP contribution is -2.54. The normalized spacial score (nSPS) is 29.0. The molecule has 3 aliphatic carbocycles. The molecule has 2 aromatic rings. The molecular weight excluding hydrogens is 504 g/mol. The Bertz CT molecular complexity index is 1490. The maximum absolute atomic E-state index is 4.97. The van der Waals surface area contributed by atoms with Crippen molar-refractivity contribution >= 4 is 5.57 Å². The third-order valence-corrected chi connectivity index (χ3v) is 12.3. The van der Waals surface area contributed by atoms with Gasteiger partial charge in [0.1, 0.15) is 0 Å². The molecule has 0 fully saturated rings. The highest BCUT2D eigenvalue weighted by atomic mass is 14.6. The minimum absolute atomic E-state index is 0.0832. The highest BCUT2D eigenvalue weighted by molar-refractivity contribution is 5.87. The summed E-state index contributed by atoms with van der Waals surface area (Å²) in [6, 6.07) is 13.5. The van der Waals surface area contributed by atoms with E-state index in [2.05, 4.69) is 112 Å². The van der Waals surface area contributed by atoms with Gasteiger partial charge in [0.15, 0.2) is 0 Å². The van der Waals surface area contributed by atoms with Crippen LogP contribution in [0.1, 0.15) is 127 Å². The van der Waals surface area contributed by atoms with Gasteiger partial charge in [0.2, 0.25) is 0 Å². The van der Waals surface area contributed by atoms with Gasteiger partial charge in [-0.05, 0) is 145 Å². The first-order valence-corrected chi connectivity index (χ1v) is 16.6. The van der Waals surface area contributed by atoms with Crippen molar-refractivity contribution in [2.24, 2.45) is 22.2 Å². The minimum Gasteiger partial charge on any atom is -0.0958 e. The zero-order chi connectivity index (χ0) is 30.8. The molecule has 0 amide bonds. The molecule has 4 atom stereocenters. The van der Waals surface area contributed by atoms with Gasteiger partial charge >= 0.3 is 0 Å². The molecule has 0 N–H and O–H groups in total. The first-order chi connectivity index (χ1) is 19.7. The number of hydrogen-bond donors (Lipinski definition) is 0. The fourth-order valence-corrected chi connectivity index (χ4v) is 10.3. The second kappa shape index (κ2) is 10.8. The molecule has 5 rings (SSSR count).